The second kappa shape index (κ2) is 7.79. The van der Waals surface area contributed by atoms with E-state index in [1.165, 1.54) is 12.8 Å². The maximum Gasteiger partial charge on any atom is 0.317 e. The van der Waals surface area contributed by atoms with Crippen LogP contribution in [0.4, 0.5) is 4.79 Å². The first-order valence-electron chi connectivity index (χ1n) is 8.51. The molecule has 1 atom stereocenters. The number of rotatable bonds is 7. The van der Waals surface area contributed by atoms with Gasteiger partial charge in [0.2, 0.25) is 0 Å². The Kier molecular flexibility index (Phi) is 5.51. The molecule has 0 bridgehead atoms. The molecular weight excluding hydrogens is 294 g/mol. The van der Waals surface area contributed by atoms with Crippen LogP contribution in [-0.2, 0) is 11.3 Å². The third-order valence-corrected chi connectivity index (χ3v) is 4.40. The highest BCUT2D eigenvalue weighted by Gasteiger charge is 2.29. The summed E-state index contributed by atoms with van der Waals surface area (Å²) in [6.07, 6.45) is 6.24. The van der Waals surface area contributed by atoms with Crippen LogP contribution in [0, 0.1) is 5.92 Å². The largest absolute Gasteiger partial charge is 0.374 e. The van der Waals surface area contributed by atoms with Crippen LogP contribution in [0.25, 0.3) is 0 Å². The molecule has 3 rings (SSSR count). The van der Waals surface area contributed by atoms with Crippen molar-refractivity contribution in [3.8, 4) is 0 Å². The van der Waals surface area contributed by atoms with Crippen molar-refractivity contribution < 1.29 is 9.53 Å². The molecule has 1 saturated carbocycles. The SMILES string of the molecule is CN1CCO[C@H](CN(CC2CC2)C(=O)NCCn2cccn2)C1. The number of hydrogen-bond acceptors (Lipinski definition) is 4. The molecule has 1 saturated heterocycles. The predicted octanol–water partition coefficient (Wildman–Crippen LogP) is 0.635. The molecule has 0 unspecified atom stereocenters. The Morgan fingerprint density at radius 3 is 3.00 bits per heavy atom. The number of morpholine rings is 1. The Labute approximate surface area is 137 Å². The molecular formula is C16H27N5O2. The molecule has 2 aliphatic rings. The van der Waals surface area contributed by atoms with E-state index in [-0.39, 0.29) is 12.1 Å². The van der Waals surface area contributed by atoms with Gasteiger partial charge in [0, 0.05) is 45.1 Å². The number of aromatic nitrogens is 2. The summed E-state index contributed by atoms with van der Waals surface area (Å²) in [5, 5.41) is 7.16. The molecule has 7 heteroatoms. The van der Waals surface area contributed by atoms with Crippen LogP contribution in [0.1, 0.15) is 12.8 Å². The third kappa shape index (κ3) is 5.21. The number of nitrogens with zero attached hydrogens (tertiary/aromatic N) is 4. The average Bonchev–Trinajstić information content (AvgIpc) is 3.19. The van der Waals surface area contributed by atoms with E-state index in [0.717, 1.165) is 26.2 Å². The zero-order chi connectivity index (χ0) is 16.1. The molecule has 1 aromatic rings. The topological polar surface area (TPSA) is 62.6 Å². The summed E-state index contributed by atoms with van der Waals surface area (Å²) in [4.78, 5) is 16.7. The molecule has 1 aliphatic heterocycles. The Bertz CT molecular complexity index is 489. The van der Waals surface area contributed by atoms with E-state index < -0.39 is 0 Å². The lowest BCUT2D eigenvalue weighted by molar-refractivity contribution is -0.0308. The highest BCUT2D eigenvalue weighted by Crippen LogP contribution is 2.29. The van der Waals surface area contributed by atoms with Crippen LogP contribution >= 0.6 is 0 Å². The number of ether oxygens (including phenoxy) is 1. The van der Waals surface area contributed by atoms with Gasteiger partial charge in [-0.3, -0.25) is 4.68 Å². The minimum absolute atomic E-state index is 0.0147. The third-order valence-electron chi connectivity index (χ3n) is 4.40. The van der Waals surface area contributed by atoms with Gasteiger partial charge in [-0.2, -0.15) is 5.10 Å². The maximum atomic E-state index is 12.5. The Balaban J connectivity index is 1.47. The van der Waals surface area contributed by atoms with E-state index in [4.69, 9.17) is 4.74 Å². The molecule has 0 aromatic carbocycles. The average molecular weight is 321 g/mol. The zero-order valence-electron chi connectivity index (χ0n) is 13.9. The van der Waals surface area contributed by atoms with Crippen molar-refractivity contribution in [2.45, 2.75) is 25.5 Å². The van der Waals surface area contributed by atoms with Gasteiger partial charge in [0.25, 0.3) is 0 Å². The first-order valence-corrected chi connectivity index (χ1v) is 8.51. The fourth-order valence-corrected chi connectivity index (χ4v) is 2.90. The molecule has 1 N–H and O–H groups in total. The van der Waals surface area contributed by atoms with Crippen molar-refractivity contribution in [2.24, 2.45) is 5.92 Å². The van der Waals surface area contributed by atoms with Gasteiger partial charge in [0.1, 0.15) is 0 Å². The van der Waals surface area contributed by atoms with Crippen LogP contribution < -0.4 is 5.32 Å². The lowest BCUT2D eigenvalue weighted by Gasteiger charge is -2.34. The van der Waals surface area contributed by atoms with Crippen molar-refractivity contribution in [3.63, 3.8) is 0 Å². The molecule has 128 valence electrons. The van der Waals surface area contributed by atoms with E-state index in [9.17, 15) is 4.79 Å². The second-order valence-electron chi connectivity index (χ2n) is 6.60. The maximum absolute atomic E-state index is 12.5. The molecule has 7 nitrogen and oxygen atoms in total. The van der Waals surface area contributed by atoms with E-state index in [2.05, 4.69) is 22.4 Å². The van der Waals surface area contributed by atoms with Crippen LogP contribution in [0.2, 0.25) is 0 Å². The van der Waals surface area contributed by atoms with Gasteiger partial charge in [-0.15, -0.1) is 0 Å². The standard InChI is InChI=1S/C16H27N5O2/c1-19-9-10-23-15(12-19)13-20(11-14-3-4-14)16(22)17-6-8-21-7-2-5-18-21/h2,5,7,14-15H,3-4,6,8-13H2,1H3,(H,17,22)/t15-/m0/s1. The smallest absolute Gasteiger partial charge is 0.317 e. The number of amides is 2. The highest BCUT2D eigenvalue weighted by molar-refractivity contribution is 5.74. The summed E-state index contributed by atoms with van der Waals surface area (Å²) in [5.74, 6) is 0.674. The number of likely N-dealkylation sites (N-methyl/N-ethyl adjacent to an activating group) is 1. The van der Waals surface area contributed by atoms with Crippen molar-refractivity contribution in [1.29, 1.82) is 0 Å². The number of nitrogens with one attached hydrogen (secondary N) is 1. The van der Waals surface area contributed by atoms with Gasteiger partial charge in [-0.1, -0.05) is 0 Å². The summed E-state index contributed by atoms with van der Waals surface area (Å²) < 4.78 is 7.64. The van der Waals surface area contributed by atoms with Gasteiger partial charge in [-0.05, 0) is 31.9 Å². The van der Waals surface area contributed by atoms with E-state index in [0.29, 0.717) is 25.6 Å². The molecule has 1 aliphatic carbocycles. The molecule has 2 fully saturated rings. The summed E-state index contributed by atoms with van der Waals surface area (Å²) in [6.45, 7) is 5.41. The minimum Gasteiger partial charge on any atom is -0.374 e. The fraction of sp³-hybridized carbons (Fsp3) is 0.750. The monoisotopic (exact) mass is 321 g/mol. The zero-order valence-corrected chi connectivity index (χ0v) is 13.9. The number of carbonyl (C=O) groups excluding carboxylic acids is 1. The Morgan fingerprint density at radius 1 is 1.43 bits per heavy atom. The van der Waals surface area contributed by atoms with Gasteiger partial charge < -0.3 is 19.9 Å². The summed E-state index contributed by atoms with van der Waals surface area (Å²) >= 11 is 0. The van der Waals surface area contributed by atoms with Crippen molar-refractivity contribution in [3.05, 3.63) is 18.5 Å². The first kappa shape index (κ1) is 16.3. The lowest BCUT2D eigenvalue weighted by atomic mass is 10.2. The minimum atomic E-state index is 0.0147. The lowest BCUT2D eigenvalue weighted by Crippen LogP contribution is -2.50. The molecule has 0 spiro atoms. The van der Waals surface area contributed by atoms with E-state index in [1.54, 1.807) is 6.20 Å². The number of urea groups is 1. The Hall–Kier alpha value is -1.60. The van der Waals surface area contributed by atoms with Gasteiger partial charge in [0.15, 0.2) is 0 Å². The normalized spacial score (nSPS) is 22.0. The van der Waals surface area contributed by atoms with E-state index in [1.807, 2.05) is 21.8 Å². The first-order chi connectivity index (χ1) is 11.2. The molecule has 23 heavy (non-hydrogen) atoms. The molecule has 2 heterocycles. The quantitative estimate of drug-likeness (QED) is 0.800. The van der Waals surface area contributed by atoms with Crippen molar-refractivity contribution in [2.75, 3.05) is 46.4 Å². The van der Waals surface area contributed by atoms with Crippen LogP contribution in [0.3, 0.4) is 0 Å². The van der Waals surface area contributed by atoms with Crippen LogP contribution in [-0.4, -0.2) is 78.1 Å². The van der Waals surface area contributed by atoms with Crippen LogP contribution in [0.15, 0.2) is 18.5 Å². The molecule has 0 radical (unpaired) electrons. The summed E-state index contributed by atoms with van der Waals surface area (Å²) in [5.41, 5.74) is 0. The fourth-order valence-electron chi connectivity index (χ4n) is 2.90. The second-order valence-corrected chi connectivity index (χ2v) is 6.60. The van der Waals surface area contributed by atoms with E-state index >= 15 is 0 Å². The van der Waals surface area contributed by atoms with Crippen LogP contribution in [0.5, 0.6) is 0 Å². The highest BCUT2D eigenvalue weighted by atomic mass is 16.5. The number of carbonyl (C=O) groups is 1. The van der Waals surface area contributed by atoms with Crippen molar-refractivity contribution in [1.82, 2.24) is 24.9 Å². The Morgan fingerprint density at radius 2 is 2.30 bits per heavy atom. The summed E-state index contributed by atoms with van der Waals surface area (Å²) in [6, 6.07) is 1.90. The predicted molar refractivity (Wildman–Crippen MR) is 87.2 cm³/mol. The molecule has 2 amide bonds. The van der Waals surface area contributed by atoms with Gasteiger partial charge >= 0.3 is 6.03 Å². The number of hydrogen-bond donors (Lipinski definition) is 1. The van der Waals surface area contributed by atoms with Gasteiger partial charge in [0.05, 0.1) is 19.3 Å². The van der Waals surface area contributed by atoms with Gasteiger partial charge in [-0.25, -0.2) is 4.79 Å². The van der Waals surface area contributed by atoms with Crippen molar-refractivity contribution >= 4 is 6.03 Å². The summed E-state index contributed by atoms with van der Waals surface area (Å²) in [7, 11) is 2.10. The molecule has 1 aromatic heterocycles.